The lowest BCUT2D eigenvalue weighted by atomic mass is 10.2. The third-order valence-corrected chi connectivity index (χ3v) is 3.09. The van der Waals surface area contributed by atoms with E-state index in [-0.39, 0.29) is 16.8 Å². The fourth-order valence-electron chi connectivity index (χ4n) is 1.34. The molecule has 0 spiro atoms. The number of carbonyl (C=O) groups is 1. The standard InChI is InChI=1S/C12H4F5NOS/c13-7-6(8(14)10(16)11(17)9(7)15)12(19)20-5-3-1-2-4-18-5/h1-4H. The van der Waals surface area contributed by atoms with E-state index >= 15 is 0 Å². The normalized spacial score (nSPS) is 10.7. The van der Waals surface area contributed by atoms with Gasteiger partial charge < -0.3 is 0 Å². The van der Waals surface area contributed by atoms with Crippen molar-refractivity contribution in [1.82, 2.24) is 4.98 Å². The van der Waals surface area contributed by atoms with Crippen molar-refractivity contribution in [2.45, 2.75) is 5.03 Å². The van der Waals surface area contributed by atoms with Crippen LogP contribution in [0, 0.1) is 29.1 Å². The number of halogens is 5. The molecule has 0 aliphatic heterocycles. The summed E-state index contributed by atoms with van der Waals surface area (Å²) in [5, 5.41) is -1.25. The summed E-state index contributed by atoms with van der Waals surface area (Å²) in [7, 11) is 0. The number of pyridine rings is 1. The fourth-order valence-corrected chi connectivity index (χ4v) is 2.07. The van der Waals surface area contributed by atoms with Crippen LogP contribution in [0.3, 0.4) is 0 Å². The smallest absolute Gasteiger partial charge is 0.231 e. The van der Waals surface area contributed by atoms with Gasteiger partial charge in [0.2, 0.25) is 10.9 Å². The molecule has 0 saturated heterocycles. The number of rotatable bonds is 2. The molecule has 0 unspecified atom stereocenters. The minimum Gasteiger partial charge on any atom is -0.281 e. The number of thioether (sulfide) groups is 1. The first-order valence-electron chi connectivity index (χ1n) is 5.08. The predicted molar refractivity (Wildman–Crippen MR) is 60.7 cm³/mol. The predicted octanol–water partition coefficient (Wildman–Crippen LogP) is 3.71. The molecule has 0 aliphatic carbocycles. The highest BCUT2D eigenvalue weighted by molar-refractivity contribution is 8.14. The average Bonchev–Trinajstić information content (AvgIpc) is 2.44. The summed E-state index contributed by atoms with van der Waals surface area (Å²) >= 11 is 0.262. The van der Waals surface area contributed by atoms with Crippen LogP contribution in [-0.2, 0) is 0 Å². The molecule has 0 amide bonds. The first-order valence-corrected chi connectivity index (χ1v) is 5.89. The average molecular weight is 305 g/mol. The van der Waals surface area contributed by atoms with Gasteiger partial charge in [-0.2, -0.15) is 0 Å². The molecule has 20 heavy (non-hydrogen) atoms. The van der Waals surface area contributed by atoms with Crippen LogP contribution >= 0.6 is 11.8 Å². The topological polar surface area (TPSA) is 30.0 Å². The maximum Gasteiger partial charge on any atom is 0.231 e. The maximum absolute atomic E-state index is 13.4. The van der Waals surface area contributed by atoms with E-state index in [1.807, 2.05) is 0 Å². The first kappa shape index (κ1) is 14.4. The Morgan fingerprint density at radius 1 is 0.900 bits per heavy atom. The number of nitrogens with zero attached hydrogens (tertiary/aromatic N) is 1. The molecule has 2 aromatic rings. The van der Waals surface area contributed by atoms with Crippen molar-refractivity contribution in [3.8, 4) is 0 Å². The van der Waals surface area contributed by atoms with Crippen LogP contribution in [0.25, 0.3) is 0 Å². The van der Waals surface area contributed by atoms with Gasteiger partial charge in [0.15, 0.2) is 23.3 Å². The lowest BCUT2D eigenvalue weighted by Gasteiger charge is -2.06. The molecule has 2 rings (SSSR count). The molecule has 8 heteroatoms. The Morgan fingerprint density at radius 2 is 1.45 bits per heavy atom. The first-order chi connectivity index (χ1) is 9.43. The maximum atomic E-state index is 13.4. The van der Waals surface area contributed by atoms with Crippen LogP contribution in [0.5, 0.6) is 0 Å². The van der Waals surface area contributed by atoms with Gasteiger partial charge in [0.05, 0.1) is 0 Å². The molecular formula is C12H4F5NOS. The molecule has 1 aromatic carbocycles. The molecule has 1 aromatic heterocycles. The van der Waals surface area contributed by atoms with Crippen LogP contribution in [0.4, 0.5) is 22.0 Å². The van der Waals surface area contributed by atoms with Crippen LogP contribution in [0.1, 0.15) is 10.4 Å². The summed E-state index contributed by atoms with van der Waals surface area (Å²) in [6.45, 7) is 0. The van der Waals surface area contributed by atoms with Gasteiger partial charge in [-0.15, -0.1) is 0 Å². The second kappa shape index (κ2) is 5.58. The van der Waals surface area contributed by atoms with Crippen molar-refractivity contribution in [2.75, 3.05) is 0 Å². The zero-order valence-corrected chi connectivity index (χ0v) is 10.3. The van der Waals surface area contributed by atoms with E-state index < -0.39 is 39.8 Å². The summed E-state index contributed by atoms with van der Waals surface area (Å²) in [6.07, 6.45) is 1.31. The largest absolute Gasteiger partial charge is 0.281 e. The van der Waals surface area contributed by atoms with E-state index in [0.717, 1.165) is 0 Å². The van der Waals surface area contributed by atoms with E-state index in [1.165, 1.54) is 24.4 Å². The third kappa shape index (κ3) is 2.51. The highest BCUT2D eigenvalue weighted by atomic mass is 32.2. The molecule has 0 aliphatic rings. The highest BCUT2D eigenvalue weighted by Crippen LogP contribution is 2.28. The molecule has 104 valence electrons. The van der Waals surface area contributed by atoms with Crippen LogP contribution < -0.4 is 0 Å². The van der Waals surface area contributed by atoms with Crippen molar-refractivity contribution >= 4 is 16.9 Å². The number of aromatic nitrogens is 1. The van der Waals surface area contributed by atoms with Crippen molar-refractivity contribution in [2.24, 2.45) is 0 Å². The zero-order chi connectivity index (χ0) is 14.9. The monoisotopic (exact) mass is 305 g/mol. The summed E-state index contributed by atoms with van der Waals surface area (Å²) in [6, 6.07) is 4.39. The van der Waals surface area contributed by atoms with Crippen LogP contribution in [0.15, 0.2) is 29.4 Å². The van der Waals surface area contributed by atoms with Gasteiger partial charge >= 0.3 is 0 Å². The Labute approximate surface area is 113 Å². The van der Waals surface area contributed by atoms with Crippen molar-refractivity contribution < 1.29 is 26.7 Å². The minimum absolute atomic E-state index is 0.0708. The highest BCUT2D eigenvalue weighted by Gasteiger charge is 2.30. The quantitative estimate of drug-likeness (QED) is 0.367. The Hall–Kier alpha value is -1.96. The van der Waals surface area contributed by atoms with E-state index in [2.05, 4.69) is 4.98 Å². The Balaban J connectivity index is 2.45. The van der Waals surface area contributed by atoms with Gasteiger partial charge in [-0.05, 0) is 23.9 Å². The lowest BCUT2D eigenvalue weighted by Crippen LogP contribution is -2.10. The van der Waals surface area contributed by atoms with Gasteiger partial charge in [0.1, 0.15) is 10.6 Å². The molecule has 0 N–H and O–H groups in total. The summed E-state index contributed by atoms with van der Waals surface area (Å²) < 4.78 is 65.5. The lowest BCUT2D eigenvalue weighted by molar-refractivity contribution is 0.107. The second-order valence-electron chi connectivity index (χ2n) is 3.50. The van der Waals surface area contributed by atoms with Crippen molar-refractivity contribution in [1.29, 1.82) is 0 Å². The van der Waals surface area contributed by atoms with Gasteiger partial charge in [0.25, 0.3) is 0 Å². The molecule has 0 bridgehead atoms. The van der Waals surface area contributed by atoms with E-state index in [9.17, 15) is 26.7 Å². The number of benzene rings is 1. The molecular weight excluding hydrogens is 301 g/mol. The summed E-state index contributed by atoms with van der Waals surface area (Å²) in [5.41, 5.74) is -1.49. The summed E-state index contributed by atoms with van der Waals surface area (Å²) in [5.74, 6) is -10.9. The van der Waals surface area contributed by atoms with Gasteiger partial charge in [0, 0.05) is 6.20 Å². The van der Waals surface area contributed by atoms with Gasteiger partial charge in [-0.1, -0.05) is 6.07 Å². The molecule has 0 fully saturated rings. The Morgan fingerprint density at radius 3 is 1.95 bits per heavy atom. The molecule has 2 nitrogen and oxygen atoms in total. The van der Waals surface area contributed by atoms with E-state index in [1.54, 1.807) is 0 Å². The van der Waals surface area contributed by atoms with Crippen LogP contribution in [0.2, 0.25) is 0 Å². The number of carbonyl (C=O) groups excluding carboxylic acids is 1. The van der Waals surface area contributed by atoms with Gasteiger partial charge in [-0.25, -0.2) is 26.9 Å². The van der Waals surface area contributed by atoms with E-state index in [4.69, 9.17) is 0 Å². The second-order valence-corrected chi connectivity index (χ2v) is 4.50. The van der Waals surface area contributed by atoms with Gasteiger partial charge in [-0.3, -0.25) is 4.79 Å². The molecule has 0 atom stereocenters. The Bertz CT molecular complexity index is 648. The number of hydrogen-bond acceptors (Lipinski definition) is 3. The zero-order valence-electron chi connectivity index (χ0n) is 9.46. The van der Waals surface area contributed by atoms with Crippen molar-refractivity contribution in [3.63, 3.8) is 0 Å². The van der Waals surface area contributed by atoms with Crippen LogP contribution in [-0.4, -0.2) is 10.1 Å². The van der Waals surface area contributed by atoms with E-state index in [0.29, 0.717) is 0 Å². The number of hydrogen-bond donors (Lipinski definition) is 0. The molecule has 0 radical (unpaired) electrons. The van der Waals surface area contributed by atoms with Crippen molar-refractivity contribution in [3.05, 3.63) is 59.0 Å². The SMILES string of the molecule is O=C(Sc1ccccn1)c1c(F)c(F)c(F)c(F)c1F. The summed E-state index contributed by atoms with van der Waals surface area (Å²) in [4.78, 5) is 15.4. The minimum atomic E-state index is -2.31. The Kier molecular flexibility index (Phi) is 4.03. The third-order valence-electron chi connectivity index (χ3n) is 2.25. The fraction of sp³-hybridized carbons (Fsp3) is 0. The molecule has 0 saturated carbocycles. The molecule has 1 heterocycles.